The standard InChI is InChI=1S/C28H20Br2Cl2N2O8/c29-10-33-25(41)27(31)9-17-13(21(28(27,32)26(33)42)16-7-11(30)1-6-18(16)35)4-5-15-20(17)23(38)34(22(15)37)12-2-3-14(24(39)40)19(36)8-12/h1-4,6-8,15,17,20-21,35-36H,5,9-10H2,(H,39,40). The van der Waals surface area contributed by atoms with Crippen LogP contribution >= 0.6 is 55.1 Å². The number of likely N-dealkylation sites (tertiary alicyclic amines) is 1. The van der Waals surface area contributed by atoms with Gasteiger partial charge in [0.25, 0.3) is 11.8 Å². The summed E-state index contributed by atoms with van der Waals surface area (Å²) < 4.78 is 0.559. The Bertz CT molecular complexity index is 1670. The molecular weight excluding hydrogens is 723 g/mol. The third-order valence-corrected chi connectivity index (χ3v) is 11.2. The number of phenolic OH excluding ortho intramolecular Hbond substituents is 1. The van der Waals surface area contributed by atoms with Crippen molar-refractivity contribution in [2.24, 2.45) is 17.8 Å². The summed E-state index contributed by atoms with van der Waals surface area (Å²) in [5, 5.41) is 30.5. The second-order valence-electron chi connectivity index (χ2n) is 10.7. The van der Waals surface area contributed by atoms with E-state index in [9.17, 15) is 39.3 Å². The summed E-state index contributed by atoms with van der Waals surface area (Å²) in [6, 6.07) is 7.97. The zero-order chi connectivity index (χ0) is 30.5. The Morgan fingerprint density at radius 1 is 0.976 bits per heavy atom. The van der Waals surface area contributed by atoms with Crippen molar-refractivity contribution in [3.8, 4) is 11.5 Å². The van der Waals surface area contributed by atoms with Crippen molar-refractivity contribution in [1.29, 1.82) is 0 Å². The number of amides is 4. The number of halogens is 4. The molecule has 2 heterocycles. The summed E-state index contributed by atoms with van der Waals surface area (Å²) in [7, 11) is 0. The summed E-state index contributed by atoms with van der Waals surface area (Å²) in [5.74, 6) is -8.72. The number of carbonyl (C=O) groups is 5. The van der Waals surface area contributed by atoms with Crippen molar-refractivity contribution in [3.05, 3.63) is 63.6 Å². The van der Waals surface area contributed by atoms with Crippen LogP contribution in [0.4, 0.5) is 5.69 Å². The van der Waals surface area contributed by atoms with Crippen LogP contribution in [0.2, 0.25) is 0 Å². The maximum Gasteiger partial charge on any atom is 0.339 e. The van der Waals surface area contributed by atoms with Gasteiger partial charge in [0.05, 0.1) is 23.0 Å². The predicted octanol–water partition coefficient (Wildman–Crippen LogP) is 4.47. The minimum atomic E-state index is -2.06. The van der Waals surface area contributed by atoms with Crippen LogP contribution in [0.1, 0.15) is 34.7 Å². The van der Waals surface area contributed by atoms with Crippen LogP contribution in [-0.4, -0.2) is 65.0 Å². The van der Waals surface area contributed by atoms with E-state index >= 15 is 0 Å². The fourth-order valence-electron chi connectivity index (χ4n) is 6.95. The zero-order valence-electron chi connectivity index (χ0n) is 21.3. The van der Waals surface area contributed by atoms with Gasteiger partial charge in [-0.15, -0.1) is 23.2 Å². The Hall–Kier alpha value is -2.93. The first-order valence-corrected chi connectivity index (χ1v) is 15.4. The number of carboxylic acids is 1. The summed E-state index contributed by atoms with van der Waals surface area (Å²) in [6.45, 7) is 0. The number of carbonyl (C=O) groups excluding carboxylic acids is 4. The van der Waals surface area contributed by atoms with Crippen LogP contribution in [0.25, 0.3) is 0 Å². The maximum absolute atomic E-state index is 14.0. The number of carboxylic acid groups (broad SMARTS) is 1. The van der Waals surface area contributed by atoms with Crippen molar-refractivity contribution in [3.63, 3.8) is 0 Å². The molecular formula is C28H20Br2Cl2N2O8. The topological polar surface area (TPSA) is 153 Å². The number of nitrogens with zero attached hydrogens (tertiary/aromatic N) is 2. The van der Waals surface area contributed by atoms with Gasteiger partial charge in [-0.05, 0) is 49.1 Å². The monoisotopic (exact) mass is 740 g/mol. The summed E-state index contributed by atoms with van der Waals surface area (Å²) in [6.07, 6.45) is 1.58. The molecule has 3 N–H and O–H groups in total. The lowest BCUT2D eigenvalue weighted by Gasteiger charge is -2.50. The largest absolute Gasteiger partial charge is 0.508 e. The lowest BCUT2D eigenvalue weighted by atomic mass is 9.56. The molecule has 10 nitrogen and oxygen atoms in total. The van der Waals surface area contributed by atoms with E-state index in [-0.39, 0.29) is 35.3 Å². The van der Waals surface area contributed by atoms with E-state index in [1.54, 1.807) is 18.2 Å². The van der Waals surface area contributed by atoms with Gasteiger partial charge in [0.1, 0.15) is 17.1 Å². The minimum absolute atomic E-state index is 0.00898. The average Bonchev–Trinajstić information content (AvgIpc) is 3.27. The van der Waals surface area contributed by atoms with E-state index < -0.39 is 74.3 Å². The van der Waals surface area contributed by atoms with Crippen molar-refractivity contribution in [2.75, 3.05) is 10.4 Å². The summed E-state index contributed by atoms with van der Waals surface area (Å²) in [5.41, 5.74) is 0.137. The molecule has 0 bridgehead atoms. The van der Waals surface area contributed by atoms with Gasteiger partial charge in [0.2, 0.25) is 11.8 Å². The predicted molar refractivity (Wildman–Crippen MR) is 157 cm³/mol. The summed E-state index contributed by atoms with van der Waals surface area (Å²) in [4.78, 5) is 64.2. The van der Waals surface area contributed by atoms with E-state index in [1.807, 2.05) is 0 Å². The lowest BCUT2D eigenvalue weighted by molar-refractivity contribution is -0.138. The van der Waals surface area contributed by atoms with Gasteiger partial charge in [0.15, 0.2) is 9.75 Å². The highest BCUT2D eigenvalue weighted by Crippen LogP contribution is 2.66. The second kappa shape index (κ2) is 9.80. The molecule has 0 aromatic heterocycles. The molecule has 2 aromatic rings. The van der Waals surface area contributed by atoms with Crippen LogP contribution in [0.5, 0.6) is 11.5 Å². The van der Waals surface area contributed by atoms with Crippen molar-refractivity contribution in [1.82, 2.24) is 4.90 Å². The van der Waals surface area contributed by atoms with Crippen LogP contribution in [0.15, 0.2) is 52.5 Å². The molecule has 0 spiro atoms. The average molecular weight is 743 g/mol. The first-order valence-electron chi connectivity index (χ1n) is 12.7. The molecule has 3 fully saturated rings. The Balaban J connectivity index is 1.51. The number of hydrogen-bond acceptors (Lipinski definition) is 7. The van der Waals surface area contributed by atoms with Crippen LogP contribution in [0.3, 0.4) is 0 Å². The molecule has 2 aromatic carbocycles. The smallest absolute Gasteiger partial charge is 0.339 e. The number of alkyl halides is 3. The van der Waals surface area contributed by atoms with Gasteiger partial charge < -0.3 is 15.3 Å². The fraction of sp³-hybridized carbons (Fsp3) is 0.321. The number of aromatic hydroxyl groups is 2. The molecule has 6 atom stereocenters. The normalized spacial score (nSPS) is 32.0. The van der Waals surface area contributed by atoms with Gasteiger partial charge in [-0.1, -0.05) is 43.5 Å². The SMILES string of the molecule is O=C(O)c1ccc(N2C(=O)C3CC=C4C(CC5(Cl)C(=O)N(CBr)C(=O)C5(Cl)C4c4cc(Br)ccc4O)C3C2=O)cc1O. The number of fused-ring (bicyclic) bond motifs is 4. The number of benzene rings is 2. The number of phenols is 2. The highest BCUT2D eigenvalue weighted by atomic mass is 79.9. The molecule has 4 aliphatic rings. The highest BCUT2D eigenvalue weighted by molar-refractivity contribution is 9.10. The first kappa shape index (κ1) is 29.2. The minimum Gasteiger partial charge on any atom is -0.508 e. The molecule has 2 aliphatic carbocycles. The number of imide groups is 2. The van der Waals surface area contributed by atoms with Crippen LogP contribution < -0.4 is 4.90 Å². The molecule has 4 amide bonds. The molecule has 218 valence electrons. The van der Waals surface area contributed by atoms with Gasteiger partial charge >= 0.3 is 5.97 Å². The number of anilines is 1. The van der Waals surface area contributed by atoms with E-state index in [0.29, 0.717) is 10.0 Å². The first-order chi connectivity index (χ1) is 19.8. The fourth-order valence-corrected chi connectivity index (χ4v) is 8.75. The third kappa shape index (κ3) is 3.71. The summed E-state index contributed by atoms with van der Waals surface area (Å²) >= 11 is 20.8. The zero-order valence-corrected chi connectivity index (χ0v) is 25.9. The van der Waals surface area contributed by atoms with E-state index in [4.69, 9.17) is 23.2 Å². The molecule has 0 radical (unpaired) electrons. The lowest BCUT2D eigenvalue weighted by Crippen LogP contribution is -2.60. The van der Waals surface area contributed by atoms with Crippen molar-refractivity contribution >= 4 is 90.3 Å². The third-order valence-electron chi connectivity index (χ3n) is 8.79. The van der Waals surface area contributed by atoms with Gasteiger partial charge in [-0.25, -0.2) is 9.69 Å². The van der Waals surface area contributed by atoms with Gasteiger partial charge in [0, 0.05) is 22.0 Å². The van der Waals surface area contributed by atoms with Crippen LogP contribution in [0, 0.1) is 17.8 Å². The Morgan fingerprint density at radius 3 is 2.33 bits per heavy atom. The molecule has 42 heavy (non-hydrogen) atoms. The number of hydrogen-bond donors (Lipinski definition) is 3. The molecule has 2 saturated heterocycles. The quantitative estimate of drug-likeness (QED) is 0.180. The Morgan fingerprint density at radius 2 is 1.69 bits per heavy atom. The maximum atomic E-state index is 14.0. The molecule has 1 saturated carbocycles. The molecule has 6 unspecified atom stereocenters. The second-order valence-corrected chi connectivity index (χ2v) is 13.4. The van der Waals surface area contributed by atoms with Crippen molar-refractivity contribution < 1.29 is 39.3 Å². The van der Waals surface area contributed by atoms with Gasteiger partial charge in [-0.2, -0.15) is 0 Å². The van der Waals surface area contributed by atoms with Crippen molar-refractivity contribution in [2.45, 2.75) is 28.5 Å². The molecule has 14 heteroatoms. The number of aromatic carboxylic acids is 1. The van der Waals surface area contributed by atoms with Gasteiger partial charge in [-0.3, -0.25) is 24.1 Å². The van der Waals surface area contributed by atoms with E-state index in [2.05, 4.69) is 31.9 Å². The van der Waals surface area contributed by atoms with Crippen LogP contribution in [-0.2, 0) is 19.2 Å². The number of allylic oxidation sites excluding steroid dienone is 2. The molecule has 2 aliphatic heterocycles. The van der Waals surface area contributed by atoms with E-state index in [0.717, 1.165) is 21.9 Å². The number of rotatable bonds is 4. The van der Waals surface area contributed by atoms with E-state index in [1.165, 1.54) is 12.1 Å². The molecule has 6 rings (SSSR count). The Kier molecular flexibility index (Phi) is 6.80. The Labute approximate surface area is 265 Å². The highest BCUT2D eigenvalue weighted by Gasteiger charge is 2.76.